The highest BCUT2D eigenvalue weighted by Gasteiger charge is 2.19. The number of nitriles is 1. The van der Waals surface area contributed by atoms with Gasteiger partial charge in [-0.25, -0.2) is 4.39 Å². The lowest BCUT2D eigenvalue weighted by molar-refractivity contribution is 0.199. The van der Waals surface area contributed by atoms with Gasteiger partial charge < -0.3 is 5.11 Å². The third kappa shape index (κ3) is 3.37. The van der Waals surface area contributed by atoms with Crippen molar-refractivity contribution in [2.75, 3.05) is 0 Å². The maximum atomic E-state index is 13.6. The second kappa shape index (κ2) is 7.10. The Morgan fingerprint density at radius 3 is 2.69 bits per heavy atom. The molecule has 134 valence electrons. The molecule has 3 rings (SSSR count). The second-order valence-corrected chi connectivity index (χ2v) is 6.23. The number of hydrogen-bond donors (Lipinski definition) is 1. The first-order valence-electron chi connectivity index (χ1n) is 8.39. The molecular weight excluding hydrogens is 333 g/mol. The van der Waals surface area contributed by atoms with Crippen LogP contribution in [-0.2, 0) is 20.0 Å². The Morgan fingerprint density at radius 1 is 1.27 bits per heavy atom. The van der Waals surface area contributed by atoms with Crippen molar-refractivity contribution in [3.63, 3.8) is 0 Å². The molecule has 0 spiro atoms. The molecule has 1 aromatic carbocycles. The lowest BCUT2D eigenvalue weighted by Gasteiger charge is -2.12. The number of rotatable bonds is 5. The monoisotopic (exact) mass is 353 g/mol. The Bertz CT molecular complexity index is 980. The van der Waals surface area contributed by atoms with E-state index >= 15 is 0 Å². The van der Waals surface area contributed by atoms with Crippen LogP contribution in [0.15, 0.2) is 30.6 Å². The van der Waals surface area contributed by atoms with Crippen molar-refractivity contribution in [3.8, 4) is 17.3 Å². The van der Waals surface area contributed by atoms with Crippen molar-refractivity contribution in [3.05, 3.63) is 58.8 Å². The van der Waals surface area contributed by atoms with Gasteiger partial charge in [-0.05, 0) is 37.6 Å². The molecule has 0 amide bonds. The average Bonchev–Trinajstić information content (AvgIpc) is 3.17. The molecule has 2 heterocycles. The topological polar surface area (TPSA) is 79.7 Å². The predicted octanol–water partition coefficient (Wildman–Crippen LogP) is 2.96. The van der Waals surface area contributed by atoms with Crippen molar-refractivity contribution in [1.29, 1.82) is 5.26 Å². The lowest BCUT2D eigenvalue weighted by Crippen LogP contribution is -1.99. The molecule has 0 unspecified atom stereocenters. The quantitative estimate of drug-likeness (QED) is 0.765. The summed E-state index contributed by atoms with van der Waals surface area (Å²) in [6.45, 7) is 4.24. The van der Waals surface area contributed by atoms with Crippen LogP contribution in [0.2, 0.25) is 0 Å². The van der Waals surface area contributed by atoms with Crippen molar-refractivity contribution in [1.82, 2.24) is 19.6 Å². The van der Waals surface area contributed by atoms with Crippen molar-refractivity contribution in [2.45, 2.75) is 32.9 Å². The highest BCUT2D eigenvalue weighted by Crippen LogP contribution is 2.31. The largest absolute Gasteiger partial charge is 0.389 e. The molecule has 0 saturated carbocycles. The van der Waals surface area contributed by atoms with Gasteiger partial charge in [0, 0.05) is 49.1 Å². The number of aliphatic hydroxyl groups excluding tert-OH is 1. The number of aliphatic hydroxyl groups is 1. The minimum atomic E-state index is -0.826. The van der Waals surface area contributed by atoms with E-state index in [0.717, 1.165) is 11.1 Å². The Kier molecular flexibility index (Phi) is 4.87. The SMILES string of the molecule is CCn1cc(Cc2cn(C)nc2-c2ccc(F)cc2[C@@H](C)O)c(C#N)n1. The average molecular weight is 353 g/mol. The van der Waals surface area contributed by atoms with E-state index in [9.17, 15) is 14.8 Å². The van der Waals surface area contributed by atoms with Crippen LogP contribution in [0.25, 0.3) is 11.3 Å². The van der Waals surface area contributed by atoms with Crippen LogP contribution in [0.5, 0.6) is 0 Å². The van der Waals surface area contributed by atoms with E-state index in [-0.39, 0.29) is 0 Å². The summed E-state index contributed by atoms with van der Waals surface area (Å²) < 4.78 is 17.0. The zero-order valence-corrected chi connectivity index (χ0v) is 14.9. The van der Waals surface area contributed by atoms with Gasteiger partial charge in [-0.1, -0.05) is 0 Å². The van der Waals surface area contributed by atoms with Gasteiger partial charge in [0.25, 0.3) is 0 Å². The number of aryl methyl sites for hydroxylation is 2. The van der Waals surface area contributed by atoms with Crippen molar-refractivity contribution >= 4 is 0 Å². The van der Waals surface area contributed by atoms with Gasteiger partial charge in [-0.2, -0.15) is 15.5 Å². The Balaban J connectivity index is 2.08. The van der Waals surface area contributed by atoms with E-state index < -0.39 is 11.9 Å². The summed E-state index contributed by atoms with van der Waals surface area (Å²) in [5.74, 6) is -0.405. The Labute approximate surface area is 151 Å². The number of benzene rings is 1. The van der Waals surface area contributed by atoms with Gasteiger partial charge >= 0.3 is 0 Å². The summed E-state index contributed by atoms with van der Waals surface area (Å²) in [5, 5.41) is 28.1. The van der Waals surface area contributed by atoms with Crippen LogP contribution in [0, 0.1) is 17.1 Å². The first-order chi connectivity index (χ1) is 12.4. The number of halogens is 1. The molecule has 0 saturated heterocycles. The fraction of sp³-hybridized carbons (Fsp3) is 0.316. The molecule has 0 radical (unpaired) electrons. The summed E-state index contributed by atoms with van der Waals surface area (Å²) >= 11 is 0. The van der Waals surface area contributed by atoms with Crippen LogP contribution >= 0.6 is 0 Å². The molecule has 0 aliphatic carbocycles. The van der Waals surface area contributed by atoms with Gasteiger partial charge in [-0.3, -0.25) is 9.36 Å². The summed E-state index contributed by atoms with van der Waals surface area (Å²) in [6, 6.07) is 6.44. The van der Waals surface area contributed by atoms with Crippen LogP contribution in [-0.4, -0.2) is 24.7 Å². The zero-order chi connectivity index (χ0) is 18.8. The maximum absolute atomic E-state index is 13.6. The van der Waals surface area contributed by atoms with E-state index in [0.29, 0.717) is 35.5 Å². The minimum Gasteiger partial charge on any atom is -0.389 e. The van der Waals surface area contributed by atoms with Crippen LogP contribution < -0.4 is 0 Å². The standard InChI is InChI=1S/C19H20FN5O/c1-4-25-11-13(18(9-21)22-25)7-14-10-24(3)23-19(14)16-6-5-15(20)8-17(16)12(2)26/h5-6,8,10-12,26H,4,7H2,1-3H3/t12-/m1/s1. The predicted molar refractivity (Wildman–Crippen MR) is 94.7 cm³/mol. The maximum Gasteiger partial charge on any atom is 0.165 e. The van der Waals surface area contributed by atoms with Gasteiger partial charge in [-0.15, -0.1) is 0 Å². The highest BCUT2D eigenvalue weighted by molar-refractivity contribution is 5.68. The number of nitrogens with zero attached hydrogens (tertiary/aromatic N) is 5. The molecule has 0 fully saturated rings. The summed E-state index contributed by atoms with van der Waals surface area (Å²) in [4.78, 5) is 0. The van der Waals surface area contributed by atoms with Crippen LogP contribution in [0.1, 0.15) is 42.3 Å². The van der Waals surface area contributed by atoms with E-state index in [1.165, 1.54) is 12.1 Å². The van der Waals surface area contributed by atoms with Gasteiger partial charge in [0.05, 0.1) is 11.8 Å². The lowest BCUT2D eigenvalue weighted by atomic mass is 9.96. The van der Waals surface area contributed by atoms with Crippen molar-refractivity contribution < 1.29 is 9.50 Å². The Hall–Kier alpha value is -2.98. The molecular formula is C19H20FN5O. The van der Waals surface area contributed by atoms with E-state index in [4.69, 9.17) is 0 Å². The normalized spacial score (nSPS) is 12.2. The molecule has 3 aromatic rings. The molecule has 26 heavy (non-hydrogen) atoms. The van der Waals surface area contributed by atoms with Gasteiger partial charge in [0.1, 0.15) is 11.9 Å². The second-order valence-electron chi connectivity index (χ2n) is 6.23. The fourth-order valence-electron chi connectivity index (χ4n) is 3.04. The number of aromatic nitrogens is 4. The van der Waals surface area contributed by atoms with E-state index in [1.807, 2.05) is 19.3 Å². The first-order valence-corrected chi connectivity index (χ1v) is 8.39. The van der Waals surface area contributed by atoms with E-state index in [2.05, 4.69) is 16.3 Å². The van der Waals surface area contributed by atoms with Gasteiger partial charge in [0.15, 0.2) is 5.69 Å². The molecule has 7 heteroatoms. The molecule has 1 atom stereocenters. The summed E-state index contributed by atoms with van der Waals surface area (Å²) in [7, 11) is 1.80. The summed E-state index contributed by atoms with van der Waals surface area (Å²) in [5.41, 5.74) is 3.90. The third-order valence-corrected chi connectivity index (χ3v) is 4.27. The van der Waals surface area contributed by atoms with Crippen molar-refractivity contribution in [2.24, 2.45) is 7.05 Å². The molecule has 6 nitrogen and oxygen atoms in total. The summed E-state index contributed by atoms with van der Waals surface area (Å²) in [6.07, 6.45) is 3.38. The fourth-order valence-corrected chi connectivity index (χ4v) is 3.04. The van der Waals surface area contributed by atoms with Gasteiger partial charge in [0.2, 0.25) is 0 Å². The molecule has 2 aromatic heterocycles. The number of hydrogen-bond acceptors (Lipinski definition) is 4. The van der Waals surface area contributed by atoms with E-state index in [1.54, 1.807) is 29.4 Å². The highest BCUT2D eigenvalue weighted by atomic mass is 19.1. The molecule has 0 bridgehead atoms. The molecule has 0 aliphatic heterocycles. The first kappa shape index (κ1) is 17.8. The molecule has 1 N–H and O–H groups in total. The van der Waals surface area contributed by atoms with Crippen LogP contribution in [0.4, 0.5) is 4.39 Å². The zero-order valence-electron chi connectivity index (χ0n) is 14.9. The smallest absolute Gasteiger partial charge is 0.165 e. The third-order valence-electron chi connectivity index (χ3n) is 4.27. The minimum absolute atomic E-state index is 0.386. The molecule has 0 aliphatic rings. The van der Waals surface area contributed by atoms with Crippen LogP contribution in [0.3, 0.4) is 0 Å². The Morgan fingerprint density at radius 2 is 2.04 bits per heavy atom.